The van der Waals surface area contributed by atoms with Gasteiger partial charge in [0.1, 0.15) is 0 Å². The Kier molecular flexibility index (Phi) is 4.99. The molecule has 2 rings (SSSR count). The van der Waals surface area contributed by atoms with Gasteiger partial charge in [-0.25, -0.2) is 0 Å². The number of nitrogens with one attached hydrogen (secondary N) is 1. The average molecular weight is 337 g/mol. The van der Waals surface area contributed by atoms with Gasteiger partial charge >= 0.3 is 6.18 Å². The highest BCUT2D eigenvalue weighted by atomic mass is 35.5. The fourth-order valence-corrected chi connectivity index (χ4v) is 2.59. The van der Waals surface area contributed by atoms with E-state index in [0.29, 0.717) is 26.1 Å². The molecule has 1 saturated heterocycles. The highest BCUT2D eigenvalue weighted by Gasteiger charge is 2.39. The molecule has 0 spiro atoms. The van der Waals surface area contributed by atoms with Crippen molar-refractivity contribution in [2.45, 2.75) is 19.0 Å². The van der Waals surface area contributed by atoms with Gasteiger partial charge in [-0.1, -0.05) is 11.6 Å². The van der Waals surface area contributed by atoms with E-state index >= 15 is 0 Å². The van der Waals surface area contributed by atoms with Gasteiger partial charge in [0, 0.05) is 25.4 Å². The number of amides is 1. The average Bonchev–Trinajstić information content (AvgIpc) is 2.48. The Morgan fingerprint density at radius 1 is 1.36 bits per heavy atom. The molecular weight excluding hydrogens is 321 g/mol. The van der Waals surface area contributed by atoms with Gasteiger partial charge in [-0.15, -0.1) is 0 Å². The Morgan fingerprint density at radius 3 is 2.55 bits per heavy atom. The molecule has 1 aliphatic rings. The van der Waals surface area contributed by atoms with Crippen LogP contribution in [-0.2, 0) is 15.7 Å². The van der Waals surface area contributed by atoms with Crippen molar-refractivity contribution in [1.29, 1.82) is 0 Å². The first-order chi connectivity index (χ1) is 10.3. The van der Waals surface area contributed by atoms with Crippen LogP contribution in [0.1, 0.15) is 18.4 Å². The summed E-state index contributed by atoms with van der Waals surface area (Å²) >= 11 is 5.55. The molecule has 22 heavy (non-hydrogen) atoms. The Bertz CT molecular complexity index is 558. The van der Waals surface area contributed by atoms with Crippen molar-refractivity contribution < 1.29 is 22.7 Å². The van der Waals surface area contributed by atoms with E-state index in [1.165, 1.54) is 6.07 Å². The maximum absolute atomic E-state index is 12.8. The van der Waals surface area contributed by atoms with E-state index in [2.05, 4.69) is 5.32 Å². The Hall–Kier alpha value is -1.31. The summed E-state index contributed by atoms with van der Waals surface area (Å²) in [6, 6.07) is 3.27. The van der Waals surface area contributed by atoms with E-state index in [9.17, 15) is 18.0 Å². The minimum absolute atomic E-state index is 0.0426. The van der Waals surface area contributed by atoms with E-state index in [1.807, 2.05) is 0 Å². The topological polar surface area (TPSA) is 64.4 Å². The lowest BCUT2D eigenvalue weighted by Crippen LogP contribution is -2.46. The molecule has 0 atom stereocenters. The molecule has 1 aromatic carbocycles. The highest BCUT2D eigenvalue weighted by Crippen LogP contribution is 2.37. The van der Waals surface area contributed by atoms with E-state index in [1.54, 1.807) is 0 Å². The second kappa shape index (κ2) is 6.44. The molecule has 1 heterocycles. The summed E-state index contributed by atoms with van der Waals surface area (Å²) in [5.74, 6) is -0.395. The minimum atomic E-state index is -4.58. The lowest BCUT2D eigenvalue weighted by Gasteiger charge is -2.34. The minimum Gasteiger partial charge on any atom is -0.381 e. The van der Waals surface area contributed by atoms with Gasteiger partial charge in [-0.3, -0.25) is 4.79 Å². The molecule has 1 aliphatic heterocycles. The highest BCUT2D eigenvalue weighted by molar-refractivity contribution is 6.31. The second-order valence-electron chi connectivity index (χ2n) is 5.24. The van der Waals surface area contributed by atoms with Crippen molar-refractivity contribution >= 4 is 23.2 Å². The summed E-state index contributed by atoms with van der Waals surface area (Å²) in [6.07, 6.45) is -3.70. The number of halogens is 4. The molecule has 3 N–H and O–H groups in total. The fourth-order valence-electron chi connectivity index (χ4n) is 2.37. The van der Waals surface area contributed by atoms with Crippen molar-refractivity contribution in [3.63, 3.8) is 0 Å². The maximum atomic E-state index is 12.8. The quantitative estimate of drug-likeness (QED) is 0.891. The predicted octanol–water partition coefficient (Wildman–Crippen LogP) is 3.05. The molecule has 122 valence electrons. The summed E-state index contributed by atoms with van der Waals surface area (Å²) in [5.41, 5.74) is 3.95. The van der Waals surface area contributed by atoms with E-state index in [-0.39, 0.29) is 12.2 Å². The normalized spacial score (nSPS) is 18.0. The number of carbonyl (C=O) groups is 1. The molecule has 1 fully saturated rings. The van der Waals surface area contributed by atoms with Crippen molar-refractivity contribution in [3.8, 4) is 0 Å². The van der Waals surface area contributed by atoms with E-state index in [4.69, 9.17) is 22.1 Å². The molecule has 1 aromatic rings. The SMILES string of the molecule is NCC1(C(=O)Nc2ccc(Cl)c(C(F)(F)F)c2)CCOCC1. The van der Waals surface area contributed by atoms with Crippen LogP contribution in [0.2, 0.25) is 5.02 Å². The number of carbonyl (C=O) groups excluding carboxylic acids is 1. The number of anilines is 1. The van der Waals surface area contributed by atoms with Gasteiger partial charge in [0.15, 0.2) is 0 Å². The first-order valence-electron chi connectivity index (χ1n) is 6.74. The van der Waals surface area contributed by atoms with Crippen LogP contribution in [-0.4, -0.2) is 25.7 Å². The molecular formula is C14H16ClF3N2O2. The number of nitrogens with two attached hydrogens (primary N) is 1. The van der Waals surface area contributed by atoms with Crippen LogP contribution in [0.4, 0.5) is 18.9 Å². The van der Waals surface area contributed by atoms with Crippen LogP contribution in [0.3, 0.4) is 0 Å². The van der Waals surface area contributed by atoms with E-state index < -0.39 is 28.1 Å². The smallest absolute Gasteiger partial charge is 0.381 e. The van der Waals surface area contributed by atoms with Crippen LogP contribution in [0, 0.1) is 5.41 Å². The van der Waals surface area contributed by atoms with Crippen LogP contribution < -0.4 is 11.1 Å². The lowest BCUT2D eigenvalue weighted by atomic mass is 9.79. The van der Waals surface area contributed by atoms with Gasteiger partial charge < -0.3 is 15.8 Å². The number of ether oxygens (including phenoxy) is 1. The Labute approximate surface area is 130 Å². The van der Waals surface area contributed by atoms with Gasteiger partial charge in [-0.2, -0.15) is 13.2 Å². The van der Waals surface area contributed by atoms with Crippen molar-refractivity contribution in [2.75, 3.05) is 25.1 Å². The van der Waals surface area contributed by atoms with Gasteiger partial charge in [0.2, 0.25) is 5.91 Å². The van der Waals surface area contributed by atoms with Crippen molar-refractivity contribution in [2.24, 2.45) is 11.1 Å². The third-order valence-electron chi connectivity index (χ3n) is 3.85. The van der Waals surface area contributed by atoms with Crippen molar-refractivity contribution in [1.82, 2.24) is 0 Å². The van der Waals surface area contributed by atoms with Crippen LogP contribution >= 0.6 is 11.6 Å². The summed E-state index contributed by atoms with van der Waals surface area (Å²) in [6.45, 7) is 0.917. The molecule has 8 heteroatoms. The van der Waals surface area contributed by atoms with Gasteiger partial charge in [0.05, 0.1) is 16.0 Å². The molecule has 0 saturated carbocycles. The molecule has 0 bridgehead atoms. The largest absolute Gasteiger partial charge is 0.417 e. The number of benzene rings is 1. The number of rotatable bonds is 3. The molecule has 0 aromatic heterocycles. The number of hydrogen-bond donors (Lipinski definition) is 2. The summed E-state index contributed by atoms with van der Waals surface area (Å²) in [7, 11) is 0. The summed E-state index contributed by atoms with van der Waals surface area (Å²) in [4.78, 5) is 12.4. The first-order valence-corrected chi connectivity index (χ1v) is 7.12. The summed E-state index contributed by atoms with van der Waals surface area (Å²) < 4.78 is 43.7. The van der Waals surface area contributed by atoms with Crippen LogP contribution in [0.15, 0.2) is 18.2 Å². The molecule has 0 aliphatic carbocycles. The first kappa shape index (κ1) is 17.1. The number of hydrogen-bond acceptors (Lipinski definition) is 3. The molecule has 0 unspecified atom stereocenters. The second-order valence-corrected chi connectivity index (χ2v) is 5.65. The zero-order valence-corrected chi connectivity index (χ0v) is 12.4. The van der Waals surface area contributed by atoms with Crippen LogP contribution in [0.5, 0.6) is 0 Å². The van der Waals surface area contributed by atoms with Crippen molar-refractivity contribution in [3.05, 3.63) is 28.8 Å². The fraction of sp³-hybridized carbons (Fsp3) is 0.500. The van der Waals surface area contributed by atoms with Crippen LogP contribution in [0.25, 0.3) is 0 Å². The zero-order chi connectivity index (χ0) is 16.4. The van der Waals surface area contributed by atoms with E-state index in [0.717, 1.165) is 12.1 Å². The molecule has 1 amide bonds. The number of alkyl halides is 3. The monoisotopic (exact) mass is 336 g/mol. The zero-order valence-electron chi connectivity index (χ0n) is 11.7. The maximum Gasteiger partial charge on any atom is 0.417 e. The molecule has 0 radical (unpaired) electrons. The molecule has 4 nitrogen and oxygen atoms in total. The Balaban J connectivity index is 2.21. The third kappa shape index (κ3) is 3.53. The van der Waals surface area contributed by atoms with Gasteiger partial charge in [0.25, 0.3) is 0 Å². The standard InChI is InChI=1S/C14H16ClF3N2O2/c15-11-2-1-9(7-10(11)14(16,17)18)20-12(21)13(8-19)3-5-22-6-4-13/h1-2,7H,3-6,8,19H2,(H,20,21). The Morgan fingerprint density at radius 2 is 2.00 bits per heavy atom. The predicted molar refractivity (Wildman–Crippen MR) is 76.6 cm³/mol. The lowest BCUT2D eigenvalue weighted by molar-refractivity contribution is -0.137. The third-order valence-corrected chi connectivity index (χ3v) is 4.18. The summed E-state index contributed by atoms with van der Waals surface area (Å²) in [5, 5.41) is 2.10. The van der Waals surface area contributed by atoms with Gasteiger partial charge in [-0.05, 0) is 31.0 Å².